The van der Waals surface area contributed by atoms with Crippen LogP contribution in [0.2, 0.25) is 0 Å². The molecule has 1 saturated heterocycles. The Morgan fingerprint density at radius 2 is 1.79 bits per heavy atom. The molecule has 0 radical (unpaired) electrons. The summed E-state index contributed by atoms with van der Waals surface area (Å²) in [6.45, 7) is 6.21. The van der Waals surface area contributed by atoms with E-state index in [0.29, 0.717) is 24.6 Å². The van der Waals surface area contributed by atoms with Crippen LogP contribution in [0.4, 0.5) is 5.69 Å². The van der Waals surface area contributed by atoms with Crippen LogP contribution in [-0.4, -0.2) is 28.6 Å². The molecule has 1 amide bonds. The van der Waals surface area contributed by atoms with E-state index in [4.69, 9.17) is 17.0 Å². The Bertz CT molecular complexity index is 804. The van der Waals surface area contributed by atoms with Crippen molar-refractivity contribution in [1.82, 2.24) is 10.2 Å². The summed E-state index contributed by atoms with van der Waals surface area (Å²) in [4.78, 5) is 13.6. The van der Waals surface area contributed by atoms with Gasteiger partial charge in [0.05, 0.1) is 6.10 Å². The summed E-state index contributed by atoms with van der Waals surface area (Å²) in [6.07, 6.45) is 1.81. The molecule has 28 heavy (non-hydrogen) atoms. The van der Waals surface area contributed by atoms with Crippen molar-refractivity contribution in [1.29, 1.82) is 0 Å². The van der Waals surface area contributed by atoms with Gasteiger partial charge in [0.25, 0.3) is 0 Å². The molecule has 0 bridgehead atoms. The van der Waals surface area contributed by atoms with E-state index in [1.165, 1.54) is 0 Å². The molecule has 5 nitrogen and oxygen atoms in total. The molecule has 0 aromatic heterocycles. The van der Waals surface area contributed by atoms with E-state index in [2.05, 4.69) is 34.9 Å². The van der Waals surface area contributed by atoms with Crippen LogP contribution in [0.5, 0.6) is 5.75 Å². The van der Waals surface area contributed by atoms with E-state index < -0.39 is 0 Å². The van der Waals surface area contributed by atoms with Gasteiger partial charge in [-0.05, 0) is 67.9 Å². The summed E-state index contributed by atoms with van der Waals surface area (Å²) in [5.74, 6) is 1.10. The Morgan fingerprint density at radius 1 is 1.11 bits per heavy atom. The lowest BCUT2D eigenvalue weighted by molar-refractivity contribution is -0.128. The number of nitrogens with zero attached hydrogens (tertiary/aromatic N) is 1. The molecule has 1 heterocycles. The van der Waals surface area contributed by atoms with Gasteiger partial charge in [-0.3, -0.25) is 4.79 Å². The van der Waals surface area contributed by atoms with Gasteiger partial charge < -0.3 is 20.3 Å². The predicted octanol–water partition coefficient (Wildman–Crippen LogP) is 4.08. The third kappa shape index (κ3) is 5.96. The minimum absolute atomic E-state index is 0.156. The predicted molar refractivity (Wildman–Crippen MR) is 116 cm³/mol. The number of amides is 1. The number of likely N-dealkylation sites (tertiary alicyclic amines) is 1. The molecule has 2 N–H and O–H groups in total. The standard InChI is InChI=1S/C22H27N3O2S/c1-16(2)27-20-11-9-19(10-12-20)24-22(28)23-14-17-5-7-18(8-6-17)15-25-13-3-4-21(25)26/h5-12,16H,3-4,13-15H2,1-2H3,(H2,23,24,28). The topological polar surface area (TPSA) is 53.6 Å². The summed E-state index contributed by atoms with van der Waals surface area (Å²) in [5.41, 5.74) is 3.21. The van der Waals surface area contributed by atoms with Gasteiger partial charge >= 0.3 is 0 Å². The first-order valence-electron chi connectivity index (χ1n) is 9.67. The number of thiocarbonyl (C=S) groups is 1. The van der Waals surface area contributed by atoms with Crippen LogP contribution in [0.1, 0.15) is 37.8 Å². The highest BCUT2D eigenvalue weighted by atomic mass is 32.1. The Balaban J connectivity index is 1.44. The number of rotatable bonds is 7. The van der Waals surface area contributed by atoms with Crippen molar-refractivity contribution in [3.8, 4) is 5.75 Å². The van der Waals surface area contributed by atoms with Crippen molar-refractivity contribution in [3.63, 3.8) is 0 Å². The highest BCUT2D eigenvalue weighted by molar-refractivity contribution is 7.80. The minimum atomic E-state index is 0.156. The zero-order valence-corrected chi connectivity index (χ0v) is 17.2. The average Bonchev–Trinajstić information content (AvgIpc) is 3.07. The maximum Gasteiger partial charge on any atom is 0.222 e. The van der Waals surface area contributed by atoms with Crippen LogP contribution in [0, 0.1) is 0 Å². The van der Waals surface area contributed by atoms with Gasteiger partial charge in [0.2, 0.25) is 5.91 Å². The molecular formula is C22H27N3O2S. The molecule has 0 atom stereocenters. The molecule has 0 saturated carbocycles. The first kappa shape index (κ1) is 20.1. The second kappa shape index (κ2) is 9.55. The maximum atomic E-state index is 11.7. The van der Waals surface area contributed by atoms with Gasteiger partial charge in [-0.2, -0.15) is 0 Å². The number of nitrogens with one attached hydrogen (secondary N) is 2. The van der Waals surface area contributed by atoms with Crippen molar-refractivity contribution in [2.45, 2.75) is 45.9 Å². The molecule has 2 aromatic rings. The third-order valence-electron chi connectivity index (χ3n) is 4.50. The fraction of sp³-hybridized carbons (Fsp3) is 0.364. The molecule has 1 aliphatic heterocycles. The summed E-state index contributed by atoms with van der Waals surface area (Å²) in [6, 6.07) is 16.0. The van der Waals surface area contributed by atoms with Crippen LogP contribution < -0.4 is 15.4 Å². The lowest BCUT2D eigenvalue weighted by Crippen LogP contribution is -2.27. The van der Waals surface area contributed by atoms with Crippen molar-refractivity contribution >= 4 is 28.9 Å². The SMILES string of the molecule is CC(C)Oc1ccc(NC(=S)NCc2ccc(CN3CCCC3=O)cc2)cc1. The van der Waals surface area contributed by atoms with Gasteiger partial charge in [0.1, 0.15) is 5.75 Å². The zero-order valence-electron chi connectivity index (χ0n) is 16.4. The van der Waals surface area contributed by atoms with Crippen LogP contribution in [0.3, 0.4) is 0 Å². The smallest absolute Gasteiger partial charge is 0.222 e. The number of ether oxygens (including phenoxy) is 1. The lowest BCUT2D eigenvalue weighted by Gasteiger charge is -2.16. The molecular weight excluding hydrogens is 370 g/mol. The first-order valence-corrected chi connectivity index (χ1v) is 10.1. The molecule has 3 rings (SSSR count). The second-order valence-corrected chi connectivity index (χ2v) is 7.64. The summed E-state index contributed by atoms with van der Waals surface area (Å²) in [5, 5.41) is 6.97. The minimum Gasteiger partial charge on any atom is -0.491 e. The Hall–Kier alpha value is -2.60. The summed E-state index contributed by atoms with van der Waals surface area (Å²) >= 11 is 5.37. The number of anilines is 1. The van der Waals surface area contributed by atoms with Gasteiger partial charge in [-0.1, -0.05) is 24.3 Å². The van der Waals surface area contributed by atoms with Crippen molar-refractivity contribution in [2.24, 2.45) is 0 Å². The van der Waals surface area contributed by atoms with Crippen LogP contribution in [0.25, 0.3) is 0 Å². The lowest BCUT2D eigenvalue weighted by atomic mass is 10.1. The van der Waals surface area contributed by atoms with E-state index >= 15 is 0 Å². The third-order valence-corrected chi connectivity index (χ3v) is 4.75. The van der Waals surface area contributed by atoms with E-state index in [1.807, 2.05) is 43.0 Å². The first-order chi connectivity index (χ1) is 13.5. The Morgan fingerprint density at radius 3 is 2.39 bits per heavy atom. The molecule has 1 fully saturated rings. The highest BCUT2D eigenvalue weighted by Crippen LogP contribution is 2.17. The monoisotopic (exact) mass is 397 g/mol. The number of carbonyl (C=O) groups is 1. The normalized spacial score (nSPS) is 13.7. The van der Waals surface area contributed by atoms with Gasteiger partial charge in [-0.25, -0.2) is 0 Å². The Kier molecular flexibility index (Phi) is 6.87. The van der Waals surface area contributed by atoms with Crippen molar-refractivity contribution < 1.29 is 9.53 Å². The molecule has 6 heteroatoms. The number of carbonyl (C=O) groups excluding carboxylic acids is 1. The number of benzene rings is 2. The zero-order chi connectivity index (χ0) is 19.9. The largest absolute Gasteiger partial charge is 0.491 e. The van der Waals surface area contributed by atoms with Crippen LogP contribution >= 0.6 is 12.2 Å². The van der Waals surface area contributed by atoms with Crippen molar-refractivity contribution in [3.05, 3.63) is 59.7 Å². The second-order valence-electron chi connectivity index (χ2n) is 7.23. The number of hydrogen-bond donors (Lipinski definition) is 2. The molecule has 2 aromatic carbocycles. The Labute approximate surface area is 172 Å². The molecule has 0 unspecified atom stereocenters. The molecule has 0 spiro atoms. The van der Waals surface area contributed by atoms with E-state index in [0.717, 1.165) is 35.5 Å². The fourth-order valence-electron chi connectivity index (χ4n) is 3.10. The van der Waals surface area contributed by atoms with E-state index in [1.54, 1.807) is 0 Å². The van der Waals surface area contributed by atoms with Gasteiger partial charge in [-0.15, -0.1) is 0 Å². The van der Waals surface area contributed by atoms with Crippen LogP contribution in [-0.2, 0) is 17.9 Å². The fourth-order valence-corrected chi connectivity index (χ4v) is 3.29. The van der Waals surface area contributed by atoms with Crippen molar-refractivity contribution in [2.75, 3.05) is 11.9 Å². The quantitative estimate of drug-likeness (QED) is 0.690. The molecule has 0 aliphatic carbocycles. The molecule has 1 aliphatic rings. The average molecular weight is 398 g/mol. The molecule has 148 valence electrons. The van der Waals surface area contributed by atoms with Gasteiger partial charge in [0, 0.05) is 31.7 Å². The van der Waals surface area contributed by atoms with E-state index in [-0.39, 0.29) is 12.0 Å². The highest BCUT2D eigenvalue weighted by Gasteiger charge is 2.19. The van der Waals surface area contributed by atoms with E-state index in [9.17, 15) is 4.79 Å². The summed E-state index contributed by atoms with van der Waals surface area (Å²) in [7, 11) is 0. The van der Waals surface area contributed by atoms with Crippen LogP contribution in [0.15, 0.2) is 48.5 Å². The summed E-state index contributed by atoms with van der Waals surface area (Å²) < 4.78 is 5.64. The van der Waals surface area contributed by atoms with Gasteiger partial charge in [0.15, 0.2) is 5.11 Å². The number of hydrogen-bond acceptors (Lipinski definition) is 3. The maximum absolute atomic E-state index is 11.7.